The number of hydrogen-bond donors (Lipinski definition) is 2. The monoisotopic (exact) mass is 413 g/mol. The Kier molecular flexibility index (Phi) is 6.55. The van der Waals surface area contributed by atoms with E-state index in [2.05, 4.69) is 36.9 Å². The summed E-state index contributed by atoms with van der Waals surface area (Å²) in [6, 6.07) is 5.53. The van der Waals surface area contributed by atoms with E-state index in [1.54, 1.807) is 12.3 Å². The van der Waals surface area contributed by atoms with Gasteiger partial charge in [0.15, 0.2) is 0 Å². The molecule has 0 amide bonds. The van der Waals surface area contributed by atoms with E-state index in [0.29, 0.717) is 5.82 Å². The minimum absolute atomic E-state index is 0.118. The van der Waals surface area contributed by atoms with Gasteiger partial charge in [-0.2, -0.15) is 11.8 Å². The molecule has 3 heterocycles. The van der Waals surface area contributed by atoms with Gasteiger partial charge in [0, 0.05) is 60.2 Å². The first kappa shape index (κ1) is 20.4. The van der Waals surface area contributed by atoms with Crippen LogP contribution in [0.2, 0.25) is 0 Å². The van der Waals surface area contributed by atoms with E-state index in [1.807, 2.05) is 19.1 Å². The Morgan fingerprint density at radius 2 is 2.00 bits per heavy atom. The molecule has 2 N–H and O–H groups in total. The summed E-state index contributed by atoms with van der Waals surface area (Å²) in [6.07, 6.45) is 9.09. The van der Waals surface area contributed by atoms with Crippen LogP contribution < -0.4 is 10.9 Å². The lowest BCUT2D eigenvalue weighted by molar-refractivity contribution is 0.0706. The van der Waals surface area contributed by atoms with E-state index in [-0.39, 0.29) is 11.1 Å². The molecule has 1 aliphatic carbocycles. The second-order valence-corrected chi connectivity index (χ2v) is 9.33. The average Bonchev–Trinajstić information content (AvgIpc) is 2.79. The topological polar surface area (TPSA) is 73.9 Å². The molecule has 6 nitrogen and oxygen atoms in total. The van der Waals surface area contributed by atoms with Gasteiger partial charge in [-0.25, -0.2) is 9.97 Å². The fraction of sp³-hybridized carbons (Fsp3) is 0.591. The Morgan fingerprint density at radius 3 is 2.69 bits per heavy atom. The third-order valence-electron chi connectivity index (χ3n) is 6.26. The molecule has 2 fully saturated rings. The van der Waals surface area contributed by atoms with Crippen LogP contribution in [-0.2, 0) is 6.42 Å². The van der Waals surface area contributed by atoms with Gasteiger partial charge in [0.1, 0.15) is 11.6 Å². The molecule has 0 radical (unpaired) electrons. The zero-order valence-corrected chi connectivity index (χ0v) is 18.1. The second kappa shape index (κ2) is 9.30. The maximum Gasteiger partial charge on any atom is 0.251 e. The molecule has 1 saturated carbocycles. The highest BCUT2D eigenvalue weighted by atomic mass is 32.2. The van der Waals surface area contributed by atoms with Gasteiger partial charge in [-0.3, -0.25) is 9.69 Å². The maximum absolute atomic E-state index is 11.8. The molecule has 0 unspecified atom stereocenters. The highest BCUT2D eigenvalue weighted by Crippen LogP contribution is 2.35. The number of aromatic nitrogens is 3. The van der Waals surface area contributed by atoms with E-state index in [4.69, 9.17) is 0 Å². The third kappa shape index (κ3) is 4.83. The van der Waals surface area contributed by atoms with Crippen LogP contribution in [0.4, 0.5) is 5.82 Å². The zero-order chi connectivity index (χ0) is 20.1. The van der Waals surface area contributed by atoms with Gasteiger partial charge in [0.25, 0.3) is 5.56 Å². The molecule has 1 saturated heterocycles. The lowest BCUT2D eigenvalue weighted by atomic mass is 9.80. The molecule has 1 aliphatic heterocycles. The summed E-state index contributed by atoms with van der Waals surface area (Å²) in [6.45, 7) is 5.35. The number of hydrogen-bond acceptors (Lipinski definition) is 6. The number of anilines is 1. The molecule has 0 spiro atoms. The highest BCUT2D eigenvalue weighted by molar-refractivity contribution is 7.99. The Bertz CT molecular complexity index is 854. The van der Waals surface area contributed by atoms with Crippen molar-refractivity contribution in [2.75, 3.05) is 36.5 Å². The van der Waals surface area contributed by atoms with Crippen LogP contribution >= 0.6 is 11.8 Å². The molecule has 0 aromatic carbocycles. The van der Waals surface area contributed by atoms with Crippen molar-refractivity contribution in [3.63, 3.8) is 0 Å². The van der Waals surface area contributed by atoms with E-state index in [0.717, 1.165) is 30.0 Å². The summed E-state index contributed by atoms with van der Waals surface area (Å²) in [7, 11) is 0. The van der Waals surface area contributed by atoms with Crippen LogP contribution in [0.25, 0.3) is 11.4 Å². The van der Waals surface area contributed by atoms with Crippen LogP contribution in [-0.4, -0.2) is 56.5 Å². The Labute approximate surface area is 176 Å². The zero-order valence-electron chi connectivity index (χ0n) is 17.2. The number of H-pyrrole nitrogens is 1. The van der Waals surface area contributed by atoms with Crippen LogP contribution in [0, 0.1) is 0 Å². The summed E-state index contributed by atoms with van der Waals surface area (Å²) in [5.74, 6) is 3.97. The van der Waals surface area contributed by atoms with Crippen LogP contribution in [0.5, 0.6) is 0 Å². The molecule has 2 aromatic heterocycles. The molecule has 0 atom stereocenters. The van der Waals surface area contributed by atoms with Crippen molar-refractivity contribution in [2.24, 2.45) is 0 Å². The number of aromatic amines is 1. The smallest absolute Gasteiger partial charge is 0.251 e. The van der Waals surface area contributed by atoms with E-state index in [9.17, 15) is 4.79 Å². The van der Waals surface area contributed by atoms with Gasteiger partial charge in [0.05, 0.1) is 0 Å². The summed E-state index contributed by atoms with van der Waals surface area (Å²) >= 11 is 2.07. The fourth-order valence-electron chi connectivity index (χ4n) is 4.57. The van der Waals surface area contributed by atoms with Crippen molar-refractivity contribution in [1.82, 2.24) is 19.9 Å². The first-order valence-electron chi connectivity index (χ1n) is 10.8. The van der Waals surface area contributed by atoms with Crippen molar-refractivity contribution >= 4 is 17.6 Å². The van der Waals surface area contributed by atoms with Crippen molar-refractivity contribution in [3.8, 4) is 11.4 Å². The standard InChI is InChI=1S/C22H31N5OS/c1-2-18-14-20(28)26-21(25-18)17-6-7-19(23-15-17)24-16-22(8-4-3-5-9-22)27-10-12-29-13-11-27/h6-7,14-15H,2-5,8-13,16H2,1H3,(H,23,24)(H,25,26,28). The number of pyridine rings is 1. The molecule has 156 valence electrons. The normalized spacial score (nSPS) is 19.8. The average molecular weight is 414 g/mol. The Morgan fingerprint density at radius 1 is 1.21 bits per heavy atom. The van der Waals surface area contributed by atoms with Gasteiger partial charge in [-0.1, -0.05) is 26.2 Å². The minimum atomic E-state index is -0.118. The van der Waals surface area contributed by atoms with Gasteiger partial charge >= 0.3 is 0 Å². The van der Waals surface area contributed by atoms with Crippen LogP contribution in [0.1, 0.15) is 44.7 Å². The van der Waals surface area contributed by atoms with Gasteiger partial charge in [0.2, 0.25) is 0 Å². The molecular weight excluding hydrogens is 382 g/mol. The predicted molar refractivity (Wildman–Crippen MR) is 121 cm³/mol. The first-order valence-corrected chi connectivity index (χ1v) is 12.0. The lowest BCUT2D eigenvalue weighted by Crippen LogP contribution is -2.57. The molecule has 29 heavy (non-hydrogen) atoms. The van der Waals surface area contributed by atoms with E-state index >= 15 is 0 Å². The molecule has 2 aromatic rings. The highest BCUT2D eigenvalue weighted by Gasteiger charge is 2.38. The maximum atomic E-state index is 11.8. The minimum Gasteiger partial charge on any atom is -0.368 e. The Balaban J connectivity index is 1.46. The van der Waals surface area contributed by atoms with Gasteiger partial charge in [-0.15, -0.1) is 0 Å². The molecule has 0 bridgehead atoms. The van der Waals surface area contributed by atoms with E-state index in [1.165, 1.54) is 56.7 Å². The SMILES string of the molecule is CCc1cc(=O)[nH]c(-c2ccc(NCC3(N4CCSCC4)CCCCC3)nc2)n1. The van der Waals surface area contributed by atoms with Crippen molar-refractivity contribution in [2.45, 2.75) is 51.0 Å². The number of nitrogens with one attached hydrogen (secondary N) is 2. The summed E-state index contributed by atoms with van der Waals surface area (Å²) in [5, 5.41) is 3.61. The van der Waals surface area contributed by atoms with E-state index < -0.39 is 0 Å². The molecule has 7 heteroatoms. The van der Waals surface area contributed by atoms with Crippen molar-refractivity contribution in [3.05, 3.63) is 40.4 Å². The number of nitrogens with zero attached hydrogens (tertiary/aromatic N) is 3. The summed E-state index contributed by atoms with van der Waals surface area (Å²) in [4.78, 5) is 26.5. The number of rotatable bonds is 6. The number of aryl methyl sites for hydroxylation is 1. The van der Waals surface area contributed by atoms with Crippen molar-refractivity contribution in [1.29, 1.82) is 0 Å². The van der Waals surface area contributed by atoms with Crippen LogP contribution in [0.3, 0.4) is 0 Å². The second-order valence-electron chi connectivity index (χ2n) is 8.11. The lowest BCUT2D eigenvalue weighted by Gasteiger charge is -2.48. The predicted octanol–water partition coefficient (Wildman–Crippen LogP) is 3.56. The molecule has 4 rings (SSSR count). The number of thioether (sulfide) groups is 1. The first-order chi connectivity index (χ1) is 14.2. The third-order valence-corrected chi connectivity index (χ3v) is 7.20. The molecular formula is C22H31N5OS. The largest absolute Gasteiger partial charge is 0.368 e. The van der Waals surface area contributed by atoms with Gasteiger partial charge in [-0.05, 0) is 31.4 Å². The van der Waals surface area contributed by atoms with Gasteiger partial charge < -0.3 is 10.3 Å². The quantitative estimate of drug-likeness (QED) is 0.754. The summed E-state index contributed by atoms with van der Waals surface area (Å²) < 4.78 is 0. The fourth-order valence-corrected chi connectivity index (χ4v) is 5.47. The Hall–Kier alpha value is -1.86. The summed E-state index contributed by atoms with van der Waals surface area (Å²) in [5.41, 5.74) is 1.78. The molecule has 2 aliphatic rings. The van der Waals surface area contributed by atoms with Crippen LogP contribution in [0.15, 0.2) is 29.2 Å². The van der Waals surface area contributed by atoms with Crippen molar-refractivity contribution < 1.29 is 0 Å².